The lowest BCUT2D eigenvalue weighted by Gasteiger charge is -2.38. The number of imide groups is 1. The SMILES string of the molecule is CCC[C@H](Cc1ccc(O)c(NC(=O)[C@H](C)CC(=O)[C@H](C)NC(=O)CCOCCOCCOCCCC(=O)CCCN2C(=O)C=CC2=O)c1)NC(=O)c1csc([C@@H](C[C@H](C(C)C)N(C)C(=O)[C@@H](CC(=O)C(C)(C)N(C)C)[C@@H](C)CC)OC(C)=O)n1.O=C=O. The molecule has 7 atom stereocenters. The molecule has 0 radical (unpaired) electrons. The largest absolute Gasteiger partial charge is 0.506 e. The van der Waals surface area contributed by atoms with E-state index in [2.05, 4.69) is 20.9 Å². The number of aromatic nitrogens is 1. The third kappa shape index (κ3) is 26.8. The molecule has 0 aliphatic carbocycles. The standard InChI is InChI=1S/C62H95N7O15S.CO2/c1-14-18-45(64-59(79)49-38-85-60(66-49)53(84-43(8)70)37-50(39(3)4)68(13)61(80)47(40(5)15-2)36-54(74)62(9,10)67(11)12)34-44-21-22-51(72)48(35-44)65-58(78)41(6)33-52(73)42(7)63-55(75)25-28-82-30-32-83-31-29-81-27-17-20-46(71)19-16-26-69-56(76)23-24-57(69)77;2-1-3/h21-24,35,38-42,45,47,50,53,72H,14-20,25-34,36-37H2,1-13H3,(H,63,75)(H,64,79)(H,65,78);/t40-,41+,42-,45+,47-,50+,53+;/m0./s1. The van der Waals surface area contributed by atoms with E-state index in [1.54, 1.807) is 36.4 Å². The molecule has 0 fully saturated rings. The lowest BCUT2D eigenvalue weighted by Crippen LogP contribution is -2.50. The Balaban J connectivity index is 0.00000861. The van der Waals surface area contributed by atoms with Crippen molar-refractivity contribution in [3.05, 3.63) is 52.0 Å². The summed E-state index contributed by atoms with van der Waals surface area (Å²) in [5.74, 6) is -4.92. The summed E-state index contributed by atoms with van der Waals surface area (Å²) in [7, 11) is 5.41. The van der Waals surface area contributed by atoms with Crippen LogP contribution in [0.25, 0.3) is 0 Å². The van der Waals surface area contributed by atoms with Crippen molar-refractivity contribution in [2.45, 2.75) is 176 Å². The molecule has 0 spiro atoms. The molecular weight excluding hydrogens is 1160 g/mol. The van der Waals surface area contributed by atoms with Crippen LogP contribution in [-0.4, -0.2) is 181 Å². The predicted octanol–water partition coefficient (Wildman–Crippen LogP) is 6.38. The Bertz CT molecular complexity index is 2690. The average molecular weight is 1250 g/mol. The first-order valence-electron chi connectivity index (χ1n) is 30.2. The van der Waals surface area contributed by atoms with E-state index >= 15 is 0 Å². The molecule has 0 saturated carbocycles. The molecule has 88 heavy (non-hydrogen) atoms. The second-order valence-electron chi connectivity index (χ2n) is 23.2. The minimum absolute atomic E-state index is 0.00527. The van der Waals surface area contributed by atoms with Gasteiger partial charge >= 0.3 is 12.1 Å². The Morgan fingerprint density at radius 2 is 1.42 bits per heavy atom. The number of carbonyl (C=O) groups is 10. The van der Waals surface area contributed by atoms with E-state index in [1.165, 1.54) is 43.4 Å². The molecule has 1 aromatic heterocycles. The highest BCUT2D eigenvalue weighted by Gasteiger charge is 2.39. The van der Waals surface area contributed by atoms with Gasteiger partial charge in [-0.3, -0.25) is 57.7 Å². The summed E-state index contributed by atoms with van der Waals surface area (Å²) in [6, 6.07) is 3.05. The minimum atomic E-state index is -0.880. The number of esters is 1. The third-order valence-electron chi connectivity index (χ3n) is 15.6. The van der Waals surface area contributed by atoms with Gasteiger partial charge in [0.2, 0.25) is 17.7 Å². The highest BCUT2D eigenvalue weighted by Crippen LogP contribution is 2.34. The molecule has 2 heterocycles. The summed E-state index contributed by atoms with van der Waals surface area (Å²) in [6.07, 6.45) is 5.80. The van der Waals surface area contributed by atoms with E-state index in [9.17, 15) is 53.1 Å². The number of ketones is 3. The van der Waals surface area contributed by atoms with Crippen molar-refractivity contribution >= 4 is 81.9 Å². The Morgan fingerprint density at radius 1 is 0.818 bits per heavy atom. The third-order valence-corrected chi connectivity index (χ3v) is 16.5. The number of Topliss-reactive ketones (excluding diaryl/α,β-unsaturated/α-hetero) is 3. The smallest absolute Gasteiger partial charge is 0.373 e. The van der Waals surface area contributed by atoms with Crippen molar-refractivity contribution in [2.75, 3.05) is 72.6 Å². The zero-order valence-corrected chi connectivity index (χ0v) is 54.5. The number of carbonyl (C=O) groups excluding carboxylic acids is 12. The van der Waals surface area contributed by atoms with Gasteiger partial charge in [-0.2, -0.15) is 9.59 Å². The molecule has 25 heteroatoms. The van der Waals surface area contributed by atoms with Crippen LogP contribution in [0.4, 0.5) is 5.69 Å². The predicted molar refractivity (Wildman–Crippen MR) is 327 cm³/mol. The molecule has 1 aromatic carbocycles. The number of hydrogen-bond donors (Lipinski definition) is 4. The lowest BCUT2D eigenvalue weighted by atomic mass is 9.81. The number of hydrogen-bond acceptors (Lipinski definition) is 20. The van der Waals surface area contributed by atoms with Crippen molar-refractivity contribution in [3.63, 3.8) is 0 Å². The number of thiazole rings is 1. The zero-order valence-electron chi connectivity index (χ0n) is 53.7. The average Bonchev–Trinajstić information content (AvgIpc) is 3.79. The van der Waals surface area contributed by atoms with Crippen LogP contribution in [0.3, 0.4) is 0 Å². The van der Waals surface area contributed by atoms with Crippen LogP contribution in [0.1, 0.15) is 167 Å². The molecule has 3 rings (SSSR count). The van der Waals surface area contributed by atoms with Gasteiger partial charge in [0.25, 0.3) is 17.7 Å². The normalized spacial score (nSPS) is 14.6. The monoisotopic (exact) mass is 1250 g/mol. The number of likely N-dealkylation sites (N-methyl/N-ethyl adjacent to an activating group) is 1. The van der Waals surface area contributed by atoms with Crippen molar-refractivity contribution in [1.29, 1.82) is 0 Å². The van der Waals surface area contributed by atoms with E-state index < -0.39 is 59.3 Å². The molecule has 4 N–H and O–H groups in total. The molecule has 0 bridgehead atoms. The van der Waals surface area contributed by atoms with Crippen molar-refractivity contribution < 1.29 is 81.6 Å². The maximum atomic E-state index is 14.4. The highest BCUT2D eigenvalue weighted by atomic mass is 32.1. The fourth-order valence-corrected chi connectivity index (χ4v) is 10.3. The van der Waals surface area contributed by atoms with Crippen LogP contribution in [0.5, 0.6) is 5.75 Å². The summed E-state index contributed by atoms with van der Waals surface area (Å²) in [6.45, 7) is 19.8. The second-order valence-corrected chi connectivity index (χ2v) is 24.1. The van der Waals surface area contributed by atoms with Gasteiger partial charge in [0.05, 0.1) is 50.3 Å². The molecule has 1 aliphatic heterocycles. The number of aromatic hydroxyl groups is 1. The molecule has 0 saturated heterocycles. The molecule has 490 valence electrons. The number of rotatable bonds is 42. The van der Waals surface area contributed by atoms with Gasteiger partial charge in [-0.1, -0.05) is 60.5 Å². The van der Waals surface area contributed by atoms with Crippen LogP contribution < -0.4 is 16.0 Å². The van der Waals surface area contributed by atoms with E-state index in [0.29, 0.717) is 75.3 Å². The van der Waals surface area contributed by atoms with E-state index in [4.69, 9.17) is 28.5 Å². The fraction of sp³-hybridized carbons (Fsp3) is 0.651. The first-order valence-corrected chi connectivity index (χ1v) is 31.0. The lowest BCUT2D eigenvalue weighted by molar-refractivity contribution is -0.192. The number of nitrogens with zero attached hydrogens (tertiary/aromatic N) is 4. The number of benzene rings is 1. The van der Waals surface area contributed by atoms with Crippen LogP contribution >= 0.6 is 11.3 Å². The van der Waals surface area contributed by atoms with Crippen LogP contribution in [0.15, 0.2) is 35.7 Å². The van der Waals surface area contributed by atoms with Gasteiger partial charge in [-0.05, 0) is 90.1 Å². The van der Waals surface area contributed by atoms with Gasteiger partial charge < -0.3 is 44.9 Å². The number of phenols is 1. The fourth-order valence-electron chi connectivity index (χ4n) is 9.41. The Labute approximate surface area is 521 Å². The number of phenolic OH excluding ortho intramolecular Hbond substituents is 1. The summed E-state index contributed by atoms with van der Waals surface area (Å²) < 4.78 is 22.3. The summed E-state index contributed by atoms with van der Waals surface area (Å²) in [4.78, 5) is 154. The first kappa shape index (κ1) is 77.2. The maximum Gasteiger partial charge on any atom is 0.373 e. The Morgan fingerprint density at radius 3 is 2.00 bits per heavy atom. The van der Waals surface area contributed by atoms with E-state index in [1.807, 2.05) is 67.5 Å². The molecule has 0 unspecified atom stereocenters. The van der Waals surface area contributed by atoms with Crippen molar-refractivity contribution in [3.8, 4) is 5.75 Å². The van der Waals surface area contributed by atoms with Crippen LogP contribution in [-0.2, 0) is 78.1 Å². The Hall–Kier alpha value is -6.89. The maximum absolute atomic E-state index is 14.4. The van der Waals surface area contributed by atoms with Gasteiger partial charge in [-0.25, -0.2) is 4.98 Å². The van der Waals surface area contributed by atoms with Gasteiger partial charge in [0, 0.05) is 107 Å². The van der Waals surface area contributed by atoms with E-state index in [0.717, 1.165) is 4.90 Å². The molecule has 2 aromatic rings. The number of anilines is 1. The van der Waals surface area contributed by atoms with Crippen LogP contribution in [0.2, 0.25) is 0 Å². The van der Waals surface area contributed by atoms with Crippen molar-refractivity contribution in [2.24, 2.45) is 23.7 Å². The topological polar surface area (TPSA) is 321 Å². The summed E-state index contributed by atoms with van der Waals surface area (Å²) >= 11 is 1.17. The summed E-state index contributed by atoms with van der Waals surface area (Å²) in [5, 5.41) is 21.2. The molecule has 24 nitrogen and oxygen atoms in total. The second kappa shape index (κ2) is 39.9. The number of amides is 6. The summed E-state index contributed by atoms with van der Waals surface area (Å²) in [5.41, 5.74) is 0.170. The zero-order chi connectivity index (χ0) is 66.3. The van der Waals surface area contributed by atoms with Crippen molar-refractivity contribution in [1.82, 2.24) is 30.3 Å². The highest BCUT2D eigenvalue weighted by molar-refractivity contribution is 7.09. The molecular formula is C63H95N7O17S. The van der Waals surface area contributed by atoms with Gasteiger partial charge in [-0.15, -0.1) is 11.3 Å². The first-order chi connectivity index (χ1) is 41.5. The van der Waals surface area contributed by atoms with Crippen LogP contribution in [0, 0.1) is 23.7 Å². The van der Waals surface area contributed by atoms with Gasteiger partial charge in [0.1, 0.15) is 22.2 Å². The Kier molecular flexibility index (Phi) is 35.0. The number of nitrogens with one attached hydrogen (secondary N) is 3. The minimum Gasteiger partial charge on any atom is -0.506 e. The molecule has 6 amide bonds. The van der Waals surface area contributed by atoms with E-state index in [-0.39, 0.29) is 135 Å². The quantitative estimate of drug-likeness (QED) is 0.0242. The number of ether oxygens (including phenoxy) is 4. The molecule has 1 aliphatic rings. The van der Waals surface area contributed by atoms with Gasteiger partial charge in [0.15, 0.2) is 17.7 Å².